The molecule has 0 unspecified atom stereocenters. The van der Waals surface area contributed by atoms with Crippen LogP contribution in [0.15, 0.2) is 18.2 Å². The molecule has 2 aliphatic rings. The maximum absolute atomic E-state index is 12.8. The summed E-state index contributed by atoms with van der Waals surface area (Å²) in [5.74, 6) is -0.193. The van der Waals surface area contributed by atoms with Crippen LogP contribution < -0.4 is 16.0 Å². The zero-order chi connectivity index (χ0) is 15.0. The molecule has 3 N–H and O–H groups in total. The number of rotatable bonds is 1. The van der Waals surface area contributed by atoms with Crippen molar-refractivity contribution in [3.63, 3.8) is 0 Å². The number of hydrogen-bond donors (Lipinski definition) is 2. The van der Waals surface area contributed by atoms with E-state index in [9.17, 15) is 9.59 Å². The van der Waals surface area contributed by atoms with Crippen LogP contribution in [-0.4, -0.2) is 17.5 Å². The molecule has 0 bridgehead atoms. The molecular weight excluding hydrogens is 290 g/mol. The van der Waals surface area contributed by atoms with Gasteiger partial charge in [-0.05, 0) is 31.0 Å². The number of nitrogen functional groups attached to an aromatic ring is 1. The Bertz CT molecular complexity index is 595. The van der Waals surface area contributed by atoms with E-state index in [2.05, 4.69) is 5.32 Å². The highest BCUT2D eigenvalue weighted by Crippen LogP contribution is 2.37. The van der Waals surface area contributed by atoms with Crippen molar-refractivity contribution in [1.29, 1.82) is 0 Å². The Morgan fingerprint density at radius 3 is 2.43 bits per heavy atom. The minimum absolute atomic E-state index is 0.193. The number of carbonyl (C=O) groups excluding carboxylic acids is 2. The summed E-state index contributed by atoms with van der Waals surface area (Å²) in [5, 5.41) is 3.21. The second-order valence-corrected chi connectivity index (χ2v) is 6.19. The molecule has 1 aliphatic heterocycles. The van der Waals surface area contributed by atoms with Crippen LogP contribution in [0.2, 0.25) is 5.02 Å². The summed E-state index contributed by atoms with van der Waals surface area (Å²) in [5.41, 5.74) is 5.81. The van der Waals surface area contributed by atoms with E-state index in [1.165, 1.54) is 0 Å². The third-order valence-electron chi connectivity index (χ3n) is 4.33. The van der Waals surface area contributed by atoms with Crippen LogP contribution in [-0.2, 0) is 4.79 Å². The molecule has 1 aromatic rings. The van der Waals surface area contributed by atoms with E-state index < -0.39 is 11.6 Å². The first-order chi connectivity index (χ1) is 10.0. The second kappa shape index (κ2) is 5.22. The van der Waals surface area contributed by atoms with Gasteiger partial charge in [-0.2, -0.15) is 0 Å². The van der Waals surface area contributed by atoms with E-state index in [4.69, 9.17) is 17.3 Å². The van der Waals surface area contributed by atoms with Gasteiger partial charge in [-0.25, -0.2) is 9.69 Å². The number of nitrogens with zero attached hydrogens (tertiary/aromatic N) is 1. The van der Waals surface area contributed by atoms with Crippen molar-refractivity contribution in [2.45, 2.75) is 44.1 Å². The van der Waals surface area contributed by atoms with E-state index >= 15 is 0 Å². The Labute approximate surface area is 128 Å². The summed E-state index contributed by atoms with van der Waals surface area (Å²) >= 11 is 6.15. The van der Waals surface area contributed by atoms with Gasteiger partial charge < -0.3 is 11.1 Å². The highest BCUT2D eigenvalue weighted by Gasteiger charge is 2.51. The minimum atomic E-state index is -0.752. The molecule has 1 heterocycles. The Balaban J connectivity index is 1.97. The van der Waals surface area contributed by atoms with Gasteiger partial charge in [0.2, 0.25) is 0 Å². The maximum atomic E-state index is 12.8. The molecule has 1 aromatic carbocycles. The van der Waals surface area contributed by atoms with Crippen molar-refractivity contribution in [1.82, 2.24) is 5.32 Å². The number of halogens is 1. The predicted molar refractivity (Wildman–Crippen MR) is 82.3 cm³/mol. The largest absolute Gasteiger partial charge is 0.399 e. The van der Waals surface area contributed by atoms with Crippen LogP contribution in [0.3, 0.4) is 0 Å². The highest BCUT2D eigenvalue weighted by molar-refractivity contribution is 6.36. The minimum Gasteiger partial charge on any atom is -0.399 e. The van der Waals surface area contributed by atoms with Crippen LogP contribution in [0, 0.1) is 0 Å². The van der Waals surface area contributed by atoms with Gasteiger partial charge in [0.25, 0.3) is 5.91 Å². The van der Waals surface area contributed by atoms with Crippen molar-refractivity contribution in [3.05, 3.63) is 23.2 Å². The summed E-state index contributed by atoms with van der Waals surface area (Å²) in [6.45, 7) is 0. The summed E-state index contributed by atoms with van der Waals surface area (Å²) in [6, 6.07) is 4.41. The summed E-state index contributed by atoms with van der Waals surface area (Å²) in [6.07, 6.45) is 5.51. The van der Waals surface area contributed by atoms with Gasteiger partial charge in [-0.3, -0.25) is 4.79 Å². The Kier molecular flexibility index (Phi) is 3.53. The molecule has 0 radical (unpaired) electrons. The number of benzene rings is 1. The number of amides is 3. The molecule has 2 fully saturated rings. The van der Waals surface area contributed by atoms with Crippen LogP contribution in [0.25, 0.3) is 0 Å². The molecule has 1 saturated carbocycles. The first-order valence-electron chi connectivity index (χ1n) is 7.25. The third-order valence-corrected chi connectivity index (χ3v) is 4.63. The Morgan fingerprint density at radius 1 is 1.14 bits per heavy atom. The number of nitrogens with one attached hydrogen (secondary N) is 1. The summed E-state index contributed by atoms with van der Waals surface area (Å²) < 4.78 is 0. The maximum Gasteiger partial charge on any atom is 0.329 e. The van der Waals surface area contributed by atoms with Crippen molar-refractivity contribution in [2.75, 3.05) is 10.6 Å². The molecule has 3 amide bonds. The average Bonchev–Trinajstić information content (AvgIpc) is 2.60. The standard InChI is InChI=1S/C15H18ClN3O2/c16-11-9-10(17)5-6-12(11)19-13(20)15(18-14(19)21)7-3-1-2-4-8-15/h5-6,9H,1-4,7-8,17H2,(H,18,21). The molecule has 112 valence electrons. The van der Waals surface area contributed by atoms with Gasteiger partial charge in [0, 0.05) is 5.69 Å². The van der Waals surface area contributed by atoms with Gasteiger partial charge in [0.1, 0.15) is 5.54 Å². The lowest BCUT2D eigenvalue weighted by Crippen LogP contribution is -2.46. The lowest BCUT2D eigenvalue weighted by atomic mass is 9.90. The third kappa shape index (κ3) is 2.35. The van der Waals surface area contributed by atoms with Crippen molar-refractivity contribution < 1.29 is 9.59 Å². The van der Waals surface area contributed by atoms with Crippen LogP contribution >= 0.6 is 11.6 Å². The molecule has 1 aliphatic carbocycles. The fraction of sp³-hybridized carbons (Fsp3) is 0.467. The molecule has 1 saturated heterocycles. The normalized spacial score (nSPS) is 21.5. The number of nitrogens with two attached hydrogens (primary N) is 1. The van der Waals surface area contributed by atoms with Gasteiger partial charge >= 0.3 is 6.03 Å². The fourth-order valence-electron chi connectivity index (χ4n) is 3.21. The van der Waals surface area contributed by atoms with Crippen LogP contribution in [0.4, 0.5) is 16.2 Å². The smallest absolute Gasteiger partial charge is 0.329 e. The lowest BCUT2D eigenvalue weighted by Gasteiger charge is -2.24. The fourth-order valence-corrected chi connectivity index (χ4v) is 3.49. The lowest BCUT2D eigenvalue weighted by molar-refractivity contribution is -0.122. The number of anilines is 2. The van der Waals surface area contributed by atoms with Gasteiger partial charge in [-0.15, -0.1) is 0 Å². The zero-order valence-electron chi connectivity index (χ0n) is 11.7. The molecule has 21 heavy (non-hydrogen) atoms. The molecule has 0 atom stereocenters. The molecule has 5 nitrogen and oxygen atoms in total. The molecule has 0 aromatic heterocycles. The van der Waals surface area contributed by atoms with E-state index in [0.717, 1.165) is 30.6 Å². The van der Waals surface area contributed by atoms with Gasteiger partial charge in [0.15, 0.2) is 0 Å². The number of carbonyl (C=O) groups is 2. The van der Waals surface area contributed by atoms with E-state index in [0.29, 0.717) is 29.2 Å². The van der Waals surface area contributed by atoms with Crippen LogP contribution in [0.1, 0.15) is 38.5 Å². The topological polar surface area (TPSA) is 75.4 Å². The Hall–Kier alpha value is -1.75. The average molecular weight is 308 g/mol. The van der Waals surface area contributed by atoms with E-state index in [-0.39, 0.29) is 5.91 Å². The molecular formula is C15H18ClN3O2. The van der Waals surface area contributed by atoms with Gasteiger partial charge in [-0.1, -0.05) is 37.3 Å². The monoisotopic (exact) mass is 307 g/mol. The molecule has 6 heteroatoms. The predicted octanol–water partition coefficient (Wildman–Crippen LogP) is 3.07. The first-order valence-corrected chi connectivity index (χ1v) is 7.63. The van der Waals surface area contributed by atoms with Crippen molar-refractivity contribution >= 4 is 34.9 Å². The number of urea groups is 1. The van der Waals surface area contributed by atoms with Crippen LogP contribution in [0.5, 0.6) is 0 Å². The quantitative estimate of drug-likeness (QED) is 0.618. The Morgan fingerprint density at radius 2 is 1.81 bits per heavy atom. The van der Waals surface area contributed by atoms with Gasteiger partial charge in [0.05, 0.1) is 10.7 Å². The first kappa shape index (κ1) is 14.2. The molecule has 3 rings (SSSR count). The number of hydrogen-bond acceptors (Lipinski definition) is 3. The molecule has 1 spiro atoms. The number of imide groups is 1. The summed E-state index contributed by atoms with van der Waals surface area (Å²) in [7, 11) is 0. The van der Waals surface area contributed by atoms with Crippen molar-refractivity contribution in [2.24, 2.45) is 0 Å². The highest BCUT2D eigenvalue weighted by atomic mass is 35.5. The second-order valence-electron chi connectivity index (χ2n) is 5.78. The van der Waals surface area contributed by atoms with E-state index in [1.54, 1.807) is 18.2 Å². The zero-order valence-corrected chi connectivity index (χ0v) is 12.4. The SMILES string of the molecule is Nc1ccc(N2C(=O)NC3(CCCCCC3)C2=O)c(Cl)c1. The van der Waals surface area contributed by atoms with E-state index in [1.807, 2.05) is 0 Å². The van der Waals surface area contributed by atoms with Crippen molar-refractivity contribution in [3.8, 4) is 0 Å². The summed E-state index contributed by atoms with van der Waals surface area (Å²) in [4.78, 5) is 26.3.